The Morgan fingerprint density at radius 3 is 2.69 bits per heavy atom. The van der Waals surface area contributed by atoms with E-state index in [1.807, 2.05) is 6.07 Å². The minimum Gasteiger partial charge on any atom is -0.394 e. The molecule has 0 aromatic heterocycles. The minimum absolute atomic E-state index is 0.0272. The number of aliphatic hydroxyl groups excluding tert-OH is 1. The van der Waals surface area contributed by atoms with Crippen molar-refractivity contribution >= 4 is 5.91 Å². The predicted octanol–water partition coefficient (Wildman–Crippen LogP) is 0.177. The summed E-state index contributed by atoms with van der Waals surface area (Å²) in [5.74, 6) is -0.833. The van der Waals surface area contributed by atoms with E-state index >= 15 is 0 Å². The van der Waals surface area contributed by atoms with E-state index in [4.69, 9.17) is 10.4 Å². The lowest BCUT2D eigenvalue weighted by Gasteiger charge is -2.15. The van der Waals surface area contributed by atoms with Gasteiger partial charge in [0.15, 0.2) is 0 Å². The highest BCUT2D eigenvalue weighted by Gasteiger charge is 2.44. The van der Waals surface area contributed by atoms with Gasteiger partial charge in [0.2, 0.25) is 5.91 Å². The van der Waals surface area contributed by atoms with Gasteiger partial charge in [-0.15, -0.1) is 0 Å². The Morgan fingerprint density at radius 2 is 2.38 bits per heavy atom. The van der Waals surface area contributed by atoms with E-state index in [1.54, 1.807) is 6.92 Å². The summed E-state index contributed by atoms with van der Waals surface area (Å²) in [6.07, 6.45) is 2.15. The zero-order chi connectivity index (χ0) is 9.90. The van der Waals surface area contributed by atoms with E-state index in [1.165, 1.54) is 0 Å². The average Bonchev–Trinajstić information content (AvgIpc) is 2.88. The molecule has 1 saturated carbocycles. The van der Waals surface area contributed by atoms with Crippen LogP contribution in [0.25, 0.3) is 0 Å². The van der Waals surface area contributed by atoms with E-state index in [-0.39, 0.29) is 12.5 Å². The van der Waals surface area contributed by atoms with Crippen LogP contribution in [0.5, 0.6) is 0 Å². The molecule has 72 valence electrons. The summed E-state index contributed by atoms with van der Waals surface area (Å²) in [5.41, 5.74) is -0.401. The molecular weight excluding hydrogens is 168 g/mol. The molecule has 1 amide bonds. The second-order valence-electron chi connectivity index (χ2n) is 3.52. The number of nitriles is 1. The second-order valence-corrected chi connectivity index (χ2v) is 3.52. The third-order valence-corrected chi connectivity index (χ3v) is 2.43. The molecule has 1 fully saturated rings. The Morgan fingerprint density at radius 1 is 1.77 bits per heavy atom. The van der Waals surface area contributed by atoms with Crippen LogP contribution in [0.2, 0.25) is 0 Å². The van der Waals surface area contributed by atoms with Crippen LogP contribution in [0.4, 0.5) is 0 Å². The Hall–Kier alpha value is -1.08. The van der Waals surface area contributed by atoms with Gasteiger partial charge in [0.1, 0.15) is 5.92 Å². The van der Waals surface area contributed by atoms with E-state index in [0.29, 0.717) is 6.42 Å². The van der Waals surface area contributed by atoms with Crippen molar-refractivity contribution in [2.45, 2.75) is 31.7 Å². The summed E-state index contributed by atoms with van der Waals surface area (Å²) < 4.78 is 0. The number of nitrogens with one attached hydrogen (secondary N) is 1. The van der Waals surface area contributed by atoms with Crippen molar-refractivity contribution in [3.63, 3.8) is 0 Å². The lowest BCUT2D eigenvalue weighted by atomic mass is 10.1. The van der Waals surface area contributed by atoms with Crippen molar-refractivity contribution in [3.05, 3.63) is 0 Å². The van der Waals surface area contributed by atoms with Crippen LogP contribution >= 0.6 is 0 Å². The van der Waals surface area contributed by atoms with E-state index in [2.05, 4.69) is 5.32 Å². The number of carbonyl (C=O) groups excluding carboxylic acids is 1. The lowest BCUT2D eigenvalue weighted by molar-refractivity contribution is -0.124. The van der Waals surface area contributed by atoms with Crippen LogP contribution in [0, 0.1) is 17.2 Å². The number of aliphatic hydroxyl groups is 1. The van der Waals surface area contributed by atoms with Gasteiger partial charge < -0.3 is 10.4 Å². The van der Waals surface area contributed by atoms with E-state index in [9.17, 15) is 4.79 Å². The largest absolute Gasteiger partial charge is 0.394 e. The van der Waals surface area contributed by atoms with Crippen LogP contribution in [0.1, 0.15) is 26.2 Å². The highest BCUT2D eigenvalue weighted by Crippen LogP contribution is 2.34. The van der Waals surface area contributed by atoms with Gasteiger partial charge in [-0.3, -0.25) is 4.79 Å². The number of nitrogens with zero attached hydrogens (tertiary/aromatic N) is 1. The fourth-order valence-electron chi connectivity index (χ4n) is 1.16. The molecule has 0 heterocycles. The van der Waals surface area contributed by atoms with Gasteiger partial charge in [-0.25, -0.2) is 0 Å². The maximum Gasteiger partial charge on any atom is 0.237 e. The molecule has 0 saturated heterocycles. The van der Waals surface area contributed by atoms with Crippen LogP contribution in [0.15, 0.2) is 0 Å². The molecule has 13 heavy (non-hydrogen) atoms. The summed E-state index contributed by atoms with van der Waals surface area (Å²) in [4.78, 5) is 11.4. The third kappa shape index (κ3) is 2.19. The number of rotatable bonds is 4. The number of amides is 1. The van der Waals surface area contributed by atoms with Crippen molar-refractivity contribution in [3.8, 4) is 6.07 Å². The second kappa shape index (κ2) is 3.75. The molecular formula is C9H14N2O2. The topological polar surface area (TPSA) is 73.1 Å². The monoisotopic (exact) mass is 182 g/mol. The van der Waals surface area contributed by atoms with Gasteiger partial charge in [0, 0.05) is 0 Å². The van der Waals surface area contributed by atoms with Crippen molar-refractivity contribution in [2.75, 3.05) is 6.61 Å². The molecule has 1 aliphatic rings. The summed E-state index contributed by atoms with van der Waals surface area (Å²) in [7, 11) is 0. The van der Waals surface area contributed by atoms with Crippen molar-refractivity contribution in [2.24, 2.45) is 5.92 Å². The molecule has 2 N–H and O–H groups in total. The van der Waals surface area contributed by atoms with Gasteiger partial charge >= 0.3 is 0 Å². The van der Waals surface area contributed by atoms with Gasteiger partial charge in [-0.2, -0.15) is 5.26 Å². The zero-order valence-electron chi connectivity index (χ0n) is 7.71. The highest BCUT2D eigenvalue weighted by molar-refractivity contribution is 5.82. The molecule has 0 aromatic carbocycles. The molecule has 0 radical (unpaired) electrons. The SMILES string of the molecule is CCC(C#N)C(=O)NC1(CO)CC1. The van der Waals surface area contributed by atoms with Crippen LogP contribution in [-0.4, -0.2) is 23.2 Å². The Labute approximate surface area is 77.6 Å². The summed E-state index contributed by atoms with van der Waals surface area (Å²) in [6, 6.07) is 1.93. The van der Waals surface area contributed by atoms with Gasteiger partial charge in [-0.05, 0) is 19.3 Å². The molecule has 0 aliphatic heterocycles. The highest BCUT2D eigenvalue weighted by atomic mass is 16.3. The quantitative estimate of drug-likeness (QED) is 0.651. The van der Waals surface area contributed by atoms with E-state index in [0.717, 1.165) is 12.8 Å². The Balaban J connectivity index is 2.46. The zero-order valence-corrected chi connectivity index (χ0v) is 7.71. The fourth-order valence-corrected chi connectivity index (χ4v) is 1.16. The maximum atomic E-state index is 11.4. The van der Waals surface area contributed by atoms with Crippen molar-refractivity contribution < 1.29 is 9.90 Å². The molecule has 0 aromatic rings. The first-order valence-corrected chi connectivity index (χ1v) is 4.50. The van der Waals surface area contributed by atoms with Gasteiger partial charge in [0.05, 0.1) is 18.2 Å². The average molecular weight is 182 g/mol. The normalized spacial score (nSPS) is 20.1. The molecule has 4 heteroatoms. The van der Waals surface area contributed by atoms with E-state index < -0.39 is 11.5 Å². The Kier molecular flexibility index (Phi) is 2.89. The summed E-state index contributed by atoms with van der Waals surface area (Å²) >= 11 is 0. The predicted molar refractivity (Wildman–Crippen MR) is 46.6 cm³/mol. The molecule has 1 unspecified atom stereocenters. The summed E-state index contributed by atoms with van der Waals surface area (Å²) in [5, 5.41) is 20.3. The lowest BCUT2D eigenvalue weighted by Crippen LogP contribution is -2.42. The molecule has 1 atom stereocenters. The number of carbonyl (C=O) groups is 1. The van der Waals surface area contributed by atoms with Crippen LogP contribution in [-0.2, 0) is 4.79 Å². The smallest absolute Gasteiger partial charge is 0.237 e. The first-order valence-electron chi connectivity index (χ1n) is 4.50. The Bertz CT molecular complexity index is 240. The number of hydrogen-bond acceptors (Lipinski definition) is 3. The van der Waals surface area contributed by atoms with Gasteiger partial charge in [-0.1, -0.05) is 6.92 Å². The fraction of sp³-hybridized carbons (Fsp3) is 0.778. The van der Waals surface area contributed by atoms with Crippen LogP contribution in [0.3, 0.4) is 0 Å². The summed E-state index contributed by atoms with van der Waals surface area (Å²) in [6.45, 7) is 1.77. The first-order chi connectivity index (χ1) is 6.17. The molecule has 1 rings (SSSR count). The van der Waals surface area contributed by atoms with Crippen LogP contribution < -0.4 is 5.32 Å². The van der Waals surface area contributed by atoms with Crippen molar-refractivity contribution in [1.29, 1.82) is 5.26 Å². The standard InChI is InChI=1S/C9H14N2O2/c1-2-7(5-10)8(13)11-9(6-12)3-4-9/h7,12H,2-4,6H2,1H3,(H,11,13). The minimum atomic E-state index is -0.580. The van der Waals surface area contributed by atoms with Gasteiger partial charge in [0.25, 0.3) is 0 Å². The molecule has 0 bridgehead atoms. The maximum absolute atomic E-state index is 11.4. The molecule has 1 aliphatic carbocycles. The number of hydrogen-bond donors (Lipinski definition) is 2. The van der Waals surface area contributed by atoms with Crippen molar-refractivity contribution in [1.82, 2.24) is 5.32 Å². The molecule has 0 spiro atoms. The first kappa shape index (κ1) is 10.0. The third-order valence-electron chi connectivity index (χ3n) is 2.43. The molecule has 4 nitrogen and oxygen atoms in total.